The van der Waals surface area contributed by atoms with Gasteiger partial charge in [-0.15, -0.1) is 5.10 Å². The Morgan fingerprint density at radius 2 is 2.11 bits per heavy atom. The number of nitrogens with zero attached hydrogens (tertiary/aromatic N) is 5. The molecule has 1 aromatic carbocycles. The maximum Gasteiger partial charge on any atom is 0.236 e. The van der Waals surface area contributed by atoms with E-state index in [0.717, 1.165) is 11.3 Å². The molecule has 1 fully saturated rings. The van der Waals surface area contributed by atoms with Gasteiger partial charge in [-0.05, 0) is 67.8 Å². The lowest BCUT2D eigenvalue weighted by Crippen LogP contribution is -2.44. The number of tetrazole rings is 1. The van der Waals surface area contributed by atoms with E-state index in [1.165, 1.54) is 17.3 Å². The van der Waals surface area contributed by atoms with E-state index in [4.69, 9.17) is 0 Å². The van der Waals surface area contributed by atoms with Crippen molar-refractivity contribution in [2.75, 3.05) is 18.1 Å². The molecule has 1 saturated heterocycles. The summed E-state index contributed by atoms with van der Waals surface area (Å²) in [6.07, 6.45) is 0.500. The number of hydrogen-bond acceptors (Lipinski definition) is 7. The Morgan fingerprint density at radius 3 is 2.71 bits per heavy atom. The monoisotopic (exact) mass is 423 g/mol. The van der Waals surface area contributed by atoms with Gasteiger partial charge in [-0.1, -0.05) is 17.8 Å². The van der Waals surface area contributed by atoms with Gasteiger partial charge in [-0.2, -0.15) is 4.68 Å². The summed E-state index contributed by atoms with van der Waals surface area (Å²) >= 11 is 1.28. The first kappa shape index (κ1) is 20.8. The molecule has 1 amide bonds. The topological polar surface area (TPSA) is 98.1 Å². The predicted octanol–water partition coefficient (Wildman–Crippen LogP) is 1.80. The highest BCUT2D eigenvalue weighted by Gasteiger charge is 2.35. The first-order valence-corrected chi connectivity index (χ1v) is 12.0. The Labute approximate surface area is 169 Å². The number of hydrogen-bond donors (Lipinski definition) is 0. The fourth-order valence-electron chi connectivity index (χ4n) is 3.33. The standard InChI is InChI=1S/C18H25N5O3S2/c1-5-22(16-8-9-28(25,26)11-16)17(24)14(4)27-18-19-20-21-23(18)15-7-6-12(2)13(3)10-15/h6-7,10,14,16H,5,8-9,11H2,1-4H3/t14-,16-/m1/s1. The second kappa shape index (κ2) is 8.20. The Morgan fingerprint density at radius 1 is 1.36 bits per heavy atom. The number of amides is 1. The molecule has 2 atom stereocenters. The second-order valence-electron chi connectivity index (χ2n) is 7.08. The average Bonchev–Trinajstić information content (AvgIpc) is 3.24. The van der Waals surface area contributed by atoms with Crippen LogP contribution in [0.5, 0.6) is 0 Å². The molecule has 0 bridgehead atoms. The molecule has 152 valence electrons. The number of thioether (sulfide) groups is 1. The minimum absolute atomic E-state index is 0.0460. The number of sulfone groups is 1. The zero-order chi connectivity index (χ0) is 20.5. The van der Waals surface area contributed by atoms with E-state index in [-0.39, 0.29) is 23.5 Å². The number of carbonyl (C=O) groups excluding carboxylic acids is 1. The van der Waals surface area contributed by atoms with E-state index in [1.807, 2.05) is 39.0 Å². The van der Waals surface area contributed by atoms with E-state index in [0.29, 0.717) is 18.1 Å². The van der Waals surface area contributed by atoms with Gasteiger partial charge in [-0.25, -0.2) is 8.42 Å². The lowest BCUT2D eigenvalue weighted by molar-refractivity contribution is -0.131. The largest absolute Gasteiger partial charge is 0.338 e. The van der Waals surface area contributed by atoms with E-state index in [9.17, 15) is 13.2 Å². The third kappa shape index (κ3) is 4.38. The molecule has 2 heterocycles. The third-order valence-corrected chi connectivity index (χ3v) is 7.85. The van der Waals surface area contributed by atoms with Crippen molar-refractivity contribution in [3.63, 3.8) is 0 Å². The van der Waals surface area contributed by atoms with Gasteiger partial charge in [0.2, 0.25) is 11.1 Å². The summed E-state index contributed by atoms with van der Waals surface area (Å²) in [5, 5.41) is 12.0. The average molecular weight is 424 g/mol. The Hall–Kier alpha value is -1.94. The SMILES string of the molecule is CCN(C(=O)[C@@H](C)Sc1nnnn1-c1ccc(C)c(C)c1)[C@@H]1CCS(=O)(=O)C1. The summed E-state index contributed by atoms with van der Waals surface area (Å²) in [4.78, 5) is 14.7. The number of aromatic nitrogens is 4. The molecule has 10 heteroatoms. The van der Waals surface area contributed by atoms with Crippen LogP contribution in [0.3, 0.4) is 0 Å². The van der Waals surface area contributed by atoms with Gasteiger partial charge in [0.1, 0.15) is 0 Å². The van der Waals surface area contributed by atoms with Crippen molar-refractivity contribution in [2.45, 2.75) is 50.6 Å². The van der Waals surface area contributed by atoms with Crippen LogP contribution in [0.1, 0.15) is 31.4 Å². The van der Waals surface area contributed by atoms with Crippen LogP contribution in [0.2, 0.25) is 0 Å². The first-order chi connectivity index (χ1) is 13.2. The molecule has 0 unspecified atom stereocenters. The van der Waals surface area contributed by atoms with Crippen molar-refractivity contribution in [3.05, 3.63) is 29.3 Å². The van der Waals surface area contributed by atoms with Crippen molar-refractivity contribution in [3.8, 4) is 5.69 Å². The second-order valence-corrected chi connectivity index (χ2v) is 10.6. The van der Waals surface area contributed by atoms with Gasteiger partial charge in [0.05, 0.1) is 22.4 Å². The smallest absolute Gasteiger partial charge is 0.236 e. The lowest BCUT2D eigenvalue weighted by atomic mass is 10.1. The fraction of sp³-hybridized carbons (Fsp3) is 0.556. The quantitative estimate of drug-likeness (QED) is 0.653. The highest BCUT2D eigenvalue weighted by molar-refractivity contribution is 8.00. The van der Waals surface area contributed by atoms with Crippen LogP contribution in [0.15, 0.2) is 23.4 Å². The molecular formula is C18H25N5O3S2. The van der Waals surface area contributed by atoms with Crippen LogP contribution >= 0.6 is 11.8 Å². The van der Waals surface area contributed by atoms with E-state index in [2.05, 4.69) is 15.5 Å². The molecule has 2 aromatic rings. The van der Waals surface area contributed by atoms with Crippen molar-refractivity contribution >= 4 is 27.5 Å². The van der Waals surface area contributed by atoms with Gasteiger partial charge < -0.3 is 4.90 Å². The number of carbonyl (C=O) groups is 1. The summed E-state index contributed by atoms with van der Waals surface area (Å²) in [6, 6.07) is 5.71. The number of benzene rings is 1. The van der Waals surface area contributed by atoms with Crippen molar-refractivity contribution < 1.29 is 13.2 Å². The minimum Gasteiger partial charge on any atom is -0.338 e. The highest BCUT2D eigenvalue weighted by atomic mass is 32.2. The minimum atomic E-state index is -3.05. The molecule has 0 N–H and O–H groups in total. The number of aryl methyl sites for hydroxylation is 2. The normalized spacial score (nSPS) is 19.5. The maximum absolute atomic E-state index is 13.0. The molecule has 28 heavy (non-hydrogen) atoms. The molecule has 1 aliphatic heterocycles. The molecule has 3 rings (SSSR count). The van der Waals surface area contributed by atoms with Crippen LogP contribution in [0.25, 0.3) is 5.69 Å². The van der Waals surface area contributed by atoms with Gasteiger partial charge in [-0.3, -0.25) is 4.79 Å². The van der Waals surface area contributed by atoms with Crippen molar-refractivity contribution in [1.29, 1.82) is 0 Å². The van der Waals surface area contributed by atoms with E-state index < -0.39 is 15.1 Å². The number of rotatable bonds is 6. The predicted molar refractivity (Wildman–Crippen MR) is 108 cm³/mol. The van der Waals surface area contributed by atoms with Crippen LogP contribution in [0, 0.1) is 13.8 Å². The summed E-state index contributed by atoms with van der Waals surface area (Å²) < 4.78 is 25.2. The van der Waals surface area contributed by atoms with E-state index in [1.54, 1.807) is 16.5 Å². The summed E-state index contributed by atoms with van der Waals surface area (Å²) in [6.45, 7) is 8.22. The Bertz CT molecular complexity index is 973. The molecule has 0 spiro atoms. The molecule has 8 nitrogen and oxygen atoms in total. The Kier molecular flexibility index (Phi) is 6.09. The summed E-state index contributed by atoms with van der Waals surface area (Å²) in [5.41, 5.74) is 3.15. The Balaban J connectivity index is 1.76. The van der Waals surface area contributed by atoms with E-state index >= 15 is 0 Å². The van der Waals surface area contributed by atoms with Crippen molar-refractivity contribution in [2.24, 2.45) is 0 Å². The summed E-state index contributed by atoms with van der Waals surface area (Å²) in [5.74, 6) is 0.0995. The molecule has 1 aliphatic rings. The van der Waals surface area contributed by atoms with Crippen LogP contribution in [0.4, 0.5) is 0 Å². The van der Waals surface area contributed by atoms with Gasteiger partial charge in [0, 0.05) is 12.6 Å². The van der Waals surface area contributed by atoms with Gasteiger partial charge >= 0.3 is 0 Å². The first-order valence-electron chi connectivity index (χ1n) is 9.25. The van der Waals surface area contributed by atoms with Gasteiger partial charge in [0.25, 0.3) is 0 Å². The van der Waals surface area contributed by atoms with Gasteiger partial charge in [0.15, 0.2) is 9.84 Å². The zero-order valence-corrected chi connectivity index (χ0v) is 18.1. The summed E-state index contributed by atoms with van der Waals surface area (Å²) in [7, 11) is -3.05. The maximum atomic E-state index is 13.0. The lowest BCUT2D eigenvalue weighted by Gasteiger charge is -2.29. The molecule has 0 aliphatic carbocycles. The van der Waals surface area contributed by atoms with Crippen molar-refractivity contribution in [1.82, 2.24) is 25.1 Å². The van der Waals surface area contributed by atoms with Crippen LogP contribution in [-0.4, -0.2) is 68.8 Å². The third-order valence-electron chi connectivity index (χ3n) is 5.08. The highest BCUT2D eigenvalue weighted by Crippen LogP contribution is 2.27. The molecular weight excluding hydrogens is 398 g/mol. The molecule has 0 radical (unpaired) electrons. The molecule has 1 aromatic heterocycles. The zero-order valence-electron chi connectivity index (χ0n) is 16.5. The van der Waals surface area contributed by atoms with Crippen LogP contribution in [-0.2, 0) is 14.6 Å². The van der Waals surface area contributed by atoms with Crippen LogP contribution < -0.4 is 0 Å². The molecule has 0 saturated carbocycles. The fourth-order valence-corrected chi connectivity index (χ4v) is 5.94.